The summed E-state index contributed by atoms with van der Waals surface area (Å²) in [5, 5.41) is 23.0. The van der Waals surface area contributed by atoms with E-state index in [0.29, 0.717) is 16.6 Å². The summed E-state index contributed by atoms with van der Waals surface area (Å²) in [5.41, 5.74) is 3.22. The van der Waals surface area contributed by atoms with Crippen molar-refractivity contribution in [3.05, 3.63) is 42.1 Å². The first-order valence-electron chi connectivity index (χ1n) is 11.4. The Labute approximate surface area is 212 Å². The van der Waals surface area contributed by atoms with Crippen molar-refractivity contribution in [2.75, 3.05) is 16.4 Å². The van der Waals surface area contributed by atoms with Crippen LogP contribution < -0.4 is 16.4 Å². The Hall–Kier alpha value is -4.27. The van der Waals surface area contributed by atoms with E-state index in [0.717, 1.165) is 12.1 Å². The number of aromatic nitrogens is 5. The molecule has 38 heavy (non-hydrogen) atoms. The third kappa shape index (κ3) is 4.60. The number of benzene rings is 1. The molecule has 1 saturated carbocycles. The molecule has 4 aromatic rings. The minimum absolute atomic E-state index is 0.0791. The van der Waals surface area contributed by atoms with Gasteiger partial charge < -0.3 is 20.7 Å². The maximum Gasteiger partial charge on any atom is 0.400 e. The number of nitrogens with two attached hydrogens (primary N) is 1. The first-order chi connectivity index (χ1) is 17.8. The molecule has 0 unspecified atom stereocenters. The van der Waals surface area contributed by atoms with Gasteiger partial charge in [-0.05, 0) is 38.8 Å². The van der Waals surface area contributed by atoms with Crippen LogP contribution in [-0.4, -0.2) is 47.8 Å². The average Bonchev–Trinajstić information content (AvgIpc) is 3.39. The van der Waals surface area contributed by atoms with Gasteiger partial charge in [-0.3, -0.25) is 5.32 Å². The minimum Gasteiger partial charge on any atom is -0.389 e. The number of amides is 2. The lowest BCUT2D eigenvalue weighted by atomic mass is 10.0. The molecule has 1 aliphatic carbocycles. The molecular weight excluding hydrogens is 512 g/mol. The molecule has 1 aliphatic rings. The molecule has 3 aromatic heterocycles. The van der Waals surface area contributed by atoms with Crippen LogP contribution >= 0.6 is 0 Å². The molecule has 200 valence electrons. The lowest BCUT2D eigenvalue weighted by molar-refractivity contribution is -0.161. The lowest BCUT2D eigenvalue weighted by Crippen LogP contribution is -2.28. The van der Waals surface area contributed by atoms with Gasteiger partial charge in [-0.15, -0.1) is 0 Å². The Balaban J connectivity index is 1.35. The number of rotatable bonds is 6. The number of carbonyl (C=O) groups is 1. The van der Waals surface area contributed by atoms with Crippen molar-refractivity contribution in [3.8, 4) is 11.3 Å². The van der Waals surface area contributed by atoms with E-state index in [9.17, 15) is 27.5 Å². The Morgan fingerprint density at radius 2 is 1.95 bits per heavy atom. The largest absolute Gasteiger partial charge is 0.400 e. The smallest absolute Gasteiger partial charge is 0.389 e. The predicted molar refractivity (Wildman–Crippen MR) is 128 cm³/mol. The molecule has 0 bridgehead atoms. The summed E-state index contributed by atoms with van der Waals surface area (Å²) < 4.78 is 61.0. The fourth-order valence-corrected chi connectivity index (χ4v) is 4.11. The molecular formula is C23H22F4N8O3. The van der Waals surface area contributed by atoms with Crippen LogP contribution in [0.1, 0.15) is 32.4 Å². The monoisotopic (exact) mass is 534 g/mol. The zero-order valence-corrected chi connectivity index (χ0v) is 20.1. The van der Waals surface area contributed by atoms with Crippen LogP contribution in [0, 0.1) is 5.82 Å². The van der Waals surface area contributed by atoms with Crippen LogP contribution in [0.3, 0.4) is 0 Å². The summed E-state index contributed by atoms with van der Waals surface area (Å²) in [7, 11) is 0. The number of carbonyl (C=O) groups excluding carboxylic acids is 1. The summed E-state index contributed by atoms with van der Waals surface area (Å²) in [6.45, 7) is 3.27. The van der Waals surface area contributed by atoms with Gasteiger partial charge in [0.05, 0.1) is 23.2 Å². The zero-order chi connectivity index (χ0) is 27.5. The molecule has 0 saturated heterocycles. The molecule has 3 heterocycles. The third-order valence-corrected chi connectivity index (χ3v) is 6.12. The topological polar surface area (TPSA) is 157 Å². The molecule has 5 N–H and O–H groups in total. The van der Waals surface area contributed by atoms with E-state index in [-0.39, 0.29) is 48.2 Å². The standard InChI is InChI=1S/C23H22F4N8O3/c1-21(2,37)9-35-19-16(18(28)29-10-30-19)17(33-35)11-3-4-13(12(24)7-11)31-20(36)32-15-8-14(34-38-15)22(5-6-22)23(25,26)27/h3-4,7-8,10,37H,5-6,9H2,1-2H3,(H2,28,29,30)(H2,31,32,36). The quantitative estimate of drug-likeness (QED) is 0.268. The highest BCUT2D eigenvalue weighted by Crippen LogP contribution is 2.58. The third-order valence-electron chi connectivity index (χ3n) is 6.12. The Morgan fingerprint density at radius 1 is 1.21 bits per heavy atom. The second-order valence-electron chi connectivity index (χ2n) is 9.71. The zero-order valence-electron chi connectivity index (χ0n) is 20.1. The number of nitrogen functional groups attached to an aromatic ring is 1. The molecule has 1 fully saturated rings. The second-order valence-corrected chi connectivity index (χ2v) is 9.71. The molecule has 0 radical (unpaired) electrons. The molecule has 15 heteroatoms. The number of anilines is 3. The van der Waals surface area contributed by atoms with Gasteiger partial charge in [0, 0.05) is 11.6 Å². The highest BCUT2D eigenvalue weighted by molar-refractivity contribution is 6.00. The first-order valence-corrected chi connectivity index (χ1v) is 11.4. The summed E-state index contributed by atoms with van der Waals surface area (Å²) >= 11 is 0. The number of hydrogen-bond donors (Lipinski definition) is 4. The van der Waals surface area contributed by atoms with Crippen LogP contribution in [0.25, 0.3) is 22.3 Å². The molecule has 1 aromatic carbocycles. The van der Waals surface area contributed by atoms with Crippen molar-refractivity contribution >= 4 is 34.5 Å². The van der Waals surface area contributed by atoms with E-state index < -0.39 is 29.0 Å². The van der Waals surface area contributed by atoms with Crippen molar-refractivity contribution in [2.45, 2.75) is 50.4 Å². The van der Waals surface area contributed by atoms with Gasteiger partial charge in [-0.25, -0.2) is 23.8 Å². The number of halogens is 4. The first kappa shape index (κ1) is 25.4. The van der Waals surface area contributed by atoms with Crippen LogP contribution in [0.2, 0.25) is 0 Å². The van der Waals surface area contributed by atoms with Crippen molar-refractivity contribution in [1.29, 1.82) is 0 Å². The summed E-state index contributed by atoms with van der Waals surface area (Å²) in [6.07, 6.45) is -3.47. The van der Waals surface area contributed by atoms with Crippen molar-refractivity contribution in [1.82, 2.24) is 24.9 Å². The van der Waals surface area contributed by atoms with Gasteiger partial charge in [0.2, 0.25) is 5.88 Å². The van der Waals surface area contributed by atoms with E-state index >= 15 is 0 Å². The van der Waals surface area contributed by atoms with Gasteiger partial charge in [-0.2, -0.15) is 18.3 Å². The Morgan fingerprint density at radius 3 is 2.58 bits per heavy atom. The molecule has 0 spiro atoms. The Kier molecular flexibility index (Phi) is 5.78. The van der Waals surface area contributed by atoms with Crippen LogP contribution in [0.4, 0.5) is 39.7 Å². The van der Waals surface area contributed by atoms with Gasteiger partial charge >= 0.3 is 12.2 Å². The van der Waals surface area contributed by atoms with E-state index in [1.165, 1.54) is 23.1 Å². The normalized spacial score (nSPS) is 15.0. The van der Waals surface area contributed by atoms with Gasteiger partial charge in [0.25, 0.3) is 0 Å². The number of nitrogens with zero attached hydrogens (tertiary/aromatic N) is 5. The number of aliphatic hydroxyl groups is 1. The van der Waals surface area contributed by atoms with E-state index in [4.69, 9.17) is 10.3 Å². The summed E-state index contributed by atoms with van der Waals surface area (Å²) in [6, 6.07) is 3.92. The molecule has 5 rings (SSSR count). The maximum absolute atomic E-state index is 15.0. The van der Waals surface area contributed by atoms with Crippen molar-refractivity contribution in [3.63, 3.8) is 0 Å². The maximum atomic E-state index is 15.0. The van der Waals surface area contributed by atoms with E-state index in [2.05, 4.69) is 30.9 Å². The lowest BCUT2D eigenvalue weighted by Gasteiger charge is -2.16. The number of fused-ring (bicyclic) bond motifs is 1. The molecule has 0 atom stereocenters. The SMILES string of the molecule is CC(C)(O)Cn1nc(-c2ccc(NC(=O)Nc3cc(C4(C(F)(F)F)CC4)no3)c(F)c2)c2c(N)ncnc21. The number of alkyl halides is 3. The van der Waals surface area contributed by atoms with Crippen molar-refractivity contribution < 1.29 is 32.0 Å². The van der Waals surface area contributed by atoms with Crippen LogP contribution in [-0.2, 0) is 12.0 Å². The van der Waals surface area contributed by atoms with Gasteiger partial charge in [-0.1, -0.05) is 11.2 Å². The number of urea groups is 1. The fraction of sp³-hybridized carbons (Fsp3) is 0.348. The minimum atomic E-state index is -4.49. The highest BCUT2D eigenvalue weighted by atomic mass is 19.4. The van der Waals surface area contributed by atoms with E-state index in [1.807, 2.05) is 0 Å². The molecule has 11 nitrogen and oxygen atoms in total. The molecule has 0 aliphatic heterocycles. The van der Waals surface area contributed by atoms with E-state index in [1.54, 1.807) is 13.8 Å². The Bertz CT molecular complexity index is 1540. The highest BCUT2D eigenvalue weighted by Gasteiger charge is 2.66. The second kappa shape index (κ2) is 8.65. The van der Waals surface area contributed by atoms with Gasteiger partial charge in [0.1, 0.15) is 34.8 Å². The van der Waals surface area contributed by atoms with Crippen molar-refractivity contribution in [2.24, 2.45) is 0 Å². The average molecular weight is 534 g/mol. The van der Waals surface area contributed by atoms with Gasteiger partial charge in [0.15, 0.2) is 5.65 Å². The summed E-state index contributed by atoms with van der Waals surface area (Å²) in [5.74, 6) is -1.03. The van der Waals surface area contributed by atoms with Crippen LogP contribution in [0.15, 0.2) is 35.1 Å². The molecule has 2 amide bonds. The predicted octanol–water partition coefficient (Wildman–Crippen LogP) is 4.21. The fourth-order valence-electron chi connectivity index (χ4n) is 4.11. The van der Waals surface area contributed by atoms with Crippen LogP contribution in [0.5, 0.6) is 0 Å². The number of hydrogen-bond acceptors (Lipinski definition) is 8. The number of nitrogens with one attached hydrogen (secondary N) is 2. The summed E-state index contributed by atoms with van der Waals surface area (Å²) in [4.78, 5) is 20.5.